The second-order valence-corrected chi connectivity index (χ2v) is 5.14. The molecule has 2 aromatic carbocycles. The molecule has 2 rings (SSSR count). The first-order valence-electron chi connectivity index (χ1n) is 5.92. The summed E-state index contributed by atoms with van der Waals surface area (Å²) in [5, 5.41) is 0. The quantitative estimate of drug-likeness (QED) is 0.868. The van der Waals surface area contributed by atoms with Gasteiger partial charge in [0.2, 0.25) is 0 Å². The maximum atomic E-state index is 5.96. The van der Waals surface area contributed by atoms with Gasteiger partial charge in [-0.1, -0.05) is 22.0 Å². The summed E-state index contributed by atoms with van der Waals surface area (Å²) in [5.74, 6) is 1.59. The molecule has 19 heavy (non-hydrogen) atoms. The first-order valence-corrected chi connectivity index (χ1v) is 6.71. The number of nitrogen functional groups attached to an aromatic ring is 1. The van der Waals surface area contributed by atoms with E-state index in [1.54, 1.807) is 7.11 Å². The van der Waals surface area contributed by atoms with Gasteiger partial charge in [-0.3, -0.25) is 0 Å². The number of anilines is 1. The van der Waals surface area contributed by atoms with Crippen molar-refractivity contribution in [3.05, 3.63) is 52.0 Å². The van der Waals surface area contributed by atoms with E-state index in [-0.39, 0.29) is 0 Å². The molecular formula is C15H16BrNO2. The number of methoxy groups -OCH3 is 1. The molecule has 0 saturated heterocycles. The Morgan fingerprint density at radius 1 is 1.16 bits per heavy atom. The lowest BCUT2D eigenvalue weighted by Crippen LogP contribution is -2.03. The van der Waals surface area contributed by atoms with E-state index < -0.39 is 0 Å². The average molecular weight is 322 g/mol. The van der Waals surface area contributed by atoms with Crippen LogP contribution in [-0.4, -0.2) is 7.11 Å². The number of aryl methyl sites for hydroxylation is 1. The first kappa shape index (κ1) is 13.7. The Hall–Kier alpha value is -1.68. The molecule has 0 saturated carbocycles. The maximum absolute atomic E-state index is 5.96. The number of rotatable bonds is 4. The van der Waals surface area contributed by atoms with Crippen molar-refractivity contribution in [1.82, 2.24) is 0 Å². The predicted octanol–water partition coefficient (Wildman–Crippen LogP) is 3.93. The van der Waals surface area contributed by atoms with Crippen molar-refractivity contribution >= 4 is 21.6 Å². The van der Waals surface area contributed by atoms with Crippen molar-refractivity contribution in [3.8, 4) is 11.5 Å². The summed E-state index contributed by atoms with van der Waals surface area (Å²) in [6, 6.07) is 11.5. The van der Waals surface area contributed by atoms with Crippen molar-refractivity contribution in [2.75, 3.05) is 12.8 Å². The van der Waals surface area contributed by atoms with E-state index in [2.05, 4.69) is 15.9 Å². The van der Waals surface area contributed by atoms with Gasteiger partial charge in [-0.15, -0.1) is 0 Å². The van der Waals surface area contributed by atoms with Crippen molar-refractivity contribution in [3.63, 3.8) is 0 Å². The van der Waals surface area contributed by atoms with Crippen molar-refractivity contribution in [2.24, 2.45) is 0 Å². The summed E-state index contributed by atoms with van der Waals surface area (Å²) >= 11 is 3.43. The van der Waals surface area contributed by atoms with E-state index in [1.807, 2.05) is 43.3 Å². The van der Waals surface area contributed by atoms with Crippen LogP contribution >= 0.6 is 15.9 Å². The Morgan fingerprint density at radius 3 is 2.63 bits per heavy atom. The molecule has 0 radical (unpaired) electrons. The third-order valence-corrected chi connectivity index (χ3v) is 3.39. The molecule has 3 nitrogen and oxygen atoms in total. The second kappa shape index (κ2) is 5.97. The largest absolute Gasteiger partial charge is 0.496 e. The highest BCUT2D eigenvalue weighted by atomic mass is 79.9. The Balaban J connectivity index is 2.19. The Labute approximate surface area is 121 Å². The molecule has 4 heteroatoms. The normalized spacial score (nSPS) is 10.3. The zero-order chi connectivity index (χ0) is 13.8. The number of halogens is 1. The summed E-state index contributed by atoms with van der Waals surface area (Å²) in [7, 11) is 1.63. The summed E-state index contributed by atoms with van der Waals surface area (Å²) in [5.41, 5.74) is 8.57. The minimum Gasteiger partial charge on any atom is -0.496 e. The molecule has 0 amide bonds. The van der Waals surface area contributed by atoms with E-state index in [4.69, 9.17) is 15.2 Å². The zero-order valence-corrected chi connectivity index (χ0v) is 12.5. The molecule has 0 bridgehead atoms. The van der Waals surface area contributed by atoms with Crippen LogP contribution in [0.5, 0.6) is 11.5 Å². The highest BCUT2D eigenvalue weighted by molar-refractivity contribution is 9.10. The first-order chi connectivity index (χ1) is 9.11. The van der Waals surface area contributed by atoms with Gasteiger partial charge in [-0.25, -0.2) is 0 Å². The van der Waals surface area contributed by atoms with Gasteiger partial charge in [0.05, 0.1) is 12.7 Å². The van der Waals surface area contributed by atoms with Gasteiger partial charge in [0, 0.05) is 10.2 Å². The van der Waals surface area contributed by atoms with Crippen LogP contribution in [0.25, 0.3) is 0 Å². The number of hydrogen-bond acceptors (Lipinski definition) is 3. The van der Waals surface area contributed by atoms with Gasteiger partial charge in [0.15, 0.2) is 0 Å². The average Bonchev–Trinajstić information content (AvgIpc) is 2.39. The molecular weight excluding hydrogens is 306 g/mol. The van der Waals surface area contributed by atoms with Crippen LogP contribution in [0.3, 0.4) is 0 Å². The molecule has 0 aliphatic carbocycles. The van der Waals surface area contributed by atoms with Gasteiger partial charge in [-0.05, 0) is 42.8 Å². The van der Waals surface area contributed by atoms with Crippen molar-refractivity contribution in [2.45, 2.75) is 13.5 Å². The van der Waals surface area contributed by atoms with Crippen LogP contribution in [0.1, 0.15) is 11.1 Å². The van der Waals surface area contributed by atoms with Crippen LogP contribution < -0.4 is 15.2 Å². The molecule has 0 atom stereocenters. The van der Waals surface area contributed by atoms with Gasteiger partial charge >= 0.3 is 0 Å². The fourth-order valence-electron chi connectivity index (χ4n) is 1.85. The molecule has 0 unspecified atom stereocenters. The zero-order valence-electron chi connectivity index (χ0n) is 10.9. The van der Waals surface area contributed by atoms with Crippen LogP contribution in [0.15, 0.2) is 40.9 Å². The monoisotopic (exact) mass is 321 g/mol. The van der Waals surface area contributed by atoms with E-state index in [0.717, 1.165) is 27.1 Å². The highest BCUT2D eigenvalue weighted by Crippen LogP contribution is 2.28. The minimum atomic E-state index is 0.387. The van der Waals surface area contributed by atoms with Crippen molar-refractivity contribution < 1.29 is 9.47 Å². The molecule has 0 heterocycles. The van der Waals surface area contributed by atoms with E-state index in [1.165, 1.54) is 0 Å². The summed E-state index contributed by atoms with van der Waals surface area (Å²) < 4.78 is 12.2. The third-order valence-electron chi connectivity index (χ3n) is 2.90. The SMILES string of the molecule is COc1cccc(N)c1COc1ccc(Br)cc1C. The Kier molecular flexibility index (Phi) is 4.32. The van der Waals surface area contributed by atoms with Gasteiger partial charge in [-0.2, -0.15) is 0 Å². The lowest BCUT2D eigenvalue weighted by atomic mass is 10.1. The van der Waals surface area contributed by atoms with Crippen molar-refractivity contribution in [1.29, 1.82) is 0 Å². The summed E-state index contributed by atoms with van der Waals surface area (Å²) in [6.07, 6.45) is 0. The second-order valence-electron chi connectivity index (χ2n) is 4.23. The third kappa shape index (κ3) is 3.20. The molecule has 0 aromatic heterocycles. The standard InChI is InChI=1S/C15H16BrNO2/c1-10-8-11(16)6-7-14(10)19-9-12-13(17)4-3-5-15(12)18-2/h3-8H,9,17H2,1-2H3. The topological polar surface area (TPSA) is 44.5 Å². The maximum Gasteiger partial charge on any atom is 0.127 e. The molecule has 0 spiro atoms. The molecule has 2 aromatic rings. The van der Waals surface area contributed by atoms with Gasteiger partial charge < -0.3 is 15.2 Å². The number of nitrogens with two attached hydrogens (primary N) is 1. The Morgan fingerprint density at radius 2 is 1.95 bits per heavy atom. The molecule has 0 fully saturated rings. The van der Waals surface area contributed by atoms with Gasteiger partial charge in [0.1, 0.15) is 18.1 Å². The lowest BCUT2D eigenvalue weighted by Gasteiger charge is -2.13. The van der Waals surface area contributed by atoms with Crippen LogP contribution in [0, 0.1) is 6.92 Å². The van der Waals surface area contributed by atoms with E-state index in [9.17, 15) is 0 Å². The fraction of sp³-hybridized carbons (Fsp3) is 0.200. The fourth-order valence-corrected chi connectivity index (χ4v) is 2.33. The van der Waals surface area contributed by atoms with E-state index >= 15 is 0 Å². The van der Waals surface area contributed by atoms with E-state index in [0.29, 0.717) is 12.3 Å². The smallest absolute Gasteiger partial charge is 0.127 e. The predicted molar refractivity (Wildman–Crippen MR) is 80.6 cm³/mol. The minimum absolute atomic E-state index is 0.387. The number of benzene rings is 2. The van der Waals surface area contributed by atoms with Crippen LogP contribution in [0.2, 0.25) is 0 Å². The lowest BCUT2D eigenvalue weighted by molar-refractivity contribution is 0.295. The van der Waals surface area contributed by atoms with Crippen LogP contribution in [-0.2, 0) is 6.61 Å². The summed E-state index contributed by atoms with van der Waals surface area (Å²) in [6.45, 7) is 2.39. The summed E-state index contributed by atoms with van der Waals surface area (Å²) in [4.78, 5) is 0. The molecule has 2 N–H and O–H groups in total. The Bertz CT molecular complexity index is 584. The molecule has 0 aliphatic heterocycles. The van der Waals surface area contributed by atoms with Gasteiger partial charge in [0.25, 0.3) is 0 Å². The number of ether oxygens (including phenoxy) is 2. The molecule has 100 valence electrons. The molecule has 0 aliphatic rings. The number of hydrogen-bond donors (Lipinski definition) is 1. The van der Waals surface area contributed by atoms with Crippen LogP contribution in [0.4, 0.5) is 5.69 Å². The highest BCUT2D eigenvalue weighted by Gasteiger charge is 2.08.